The van der Waals surface area contributed by atoms with E-state index >= 15 is 0 Å². The fourth-order valence-corrected chi connectivity index (χ4v) is 3.31. The van der Waals surface area contributed by atoms with Gasteiger partial charge < -0.3 is 19.3 Å². The largest absolute Gasteiger partial charge is 0.495 e. The Balaban J connectivity index is 1.65. The van der Waals surface area contributed by atoms with Crippen LogP contribution < -0.4 is 14.4 Å². The Bertz CT molecular complexity index is 755. The van der Waals surface area contributed by atoms with Crippen LogP contribution in [0.3, 0.4) is 0 Å². The summed E-state index contributed by atoms with van der Waals surface area (Å²) >= 11 is 0. The molecule has 2 aromatic carbocycles. The van der Waals surface area contributed by atoms with E-state index < -0.39 is 0 Å². The molecule has 5 heteroatoms. The number of methoxy groups -OCH3 is 1. The topological polar surface area (TPSA) is 42.0 Å². The van der Waals surface area contributed by atoms with Crippen LogP contribution >= 0.6 is 0 Å². The first-order valence-electron chi connectivity index (χ1n) is 9.63. The van der Waals surface area contributed by atoms with Gasteiger partial charge in [-0.15, -0.1) is 0 Å². The number of unbranched alkanes of at least 4 members (excludes halogenated alkanes) is 1. The summed E-state index contributed by atoms with van der Waals surface area (Å²) in [4.78, 5) is 17.2. The summed E-state index contributed by atoms with van der Waals surface area (Å²) in [6.07, 6.45) is 2.06. The molecule has 0 aromatic heterocycles. The molecule has 1 fully saturated rings. The first-order chi connectivity index (χ1) is 13.2. The maximum absolute atomic E-state index is 13.0. The average Bonchev–Trinajstić information content (AvgIpc) is 2.74. The van der Waals surface area contributed by atoms with E-state index in [-0.39, 0.29) is 5.91 Å². The molecule has 0 aliphatic carbocycles. The van der Waals surface area contributed by atoms with E-state index in [0.29, 0.717) is 31.0 Å². The third-order valence-corrected chi connectivity index (χ3v) is 4.87. The van der Waals surface area contributed by atoms with Crippen LogP contribution in [0.15, 0.2) is 48.5 Å². The van der Waals surface area contributed by atoms with Crippen molar-refractivity contribution in [2.24, 2.45) is 0 Å². The van der Waals surface area contributed by atoms with Crippen LogP contribution in [0.2, 0.25) is 0 Å². The highest BCUT2D eigenvalue weighted by atomic mass is 16.5. The highest BCUT2D eigenvalue weighted by molar-refractivity contribution is 5.97. The van der Waals surface area contributed by atoms with Gasteiger partial charge in [-0.2, -0.15) is 0 Å². The second-order valence-electron chi connectivity index (χ2n) is 6.65. The molecule has 1 heterocycles. The predicted molar refractivity (Wildman–Crippen MR) is 108 cm³/mol. The second kappa shape index (κ2) is 9.31. The fourth-order valence-electron chi connectivity index (χ4n) is 3.31. The predicted octanol–water partition coefficient (Wildman–Crippen LogP) is 3.84. The quantitative estimate of drug-likeness (QED) is 0.697. The lowest BCUT2D eigenvalue weighted by molar-refractivity contribution is 0.0742. The Labute approximate surface area is 161 Å². The third kappa shape index (κ3) is 4.54. The zero-order chi connectivity index (χ0) is 19.1. The highest BCUT2D eigenvalue weighted by Gasteiger charge is 2.25. The smallest absolute Gasteiger partial charge is 0.257 e. The zero-order valence-electron chi connectivity index (χ0n) is 16.2. The number of anilines is 1. The molecule has 144 valence electrons. The lowest BCUT2D eigenvalue weighted by Crippen LogP contribution is -2.49. The molecule has 1 aliphatic rings. The Hall–Kier alpha value is -2.69. The van der Waals surface area contributed by atoms with Gasteiger partial charge >= 0.3 is 0 Å². The number of piperazine rings is 1. The molecule has 0 N–H and O–H groups in total. The van der Waals surface area contributed by atoms with Gasteiger partial charge in [0.1, 0.15) is 11.5 Å². The number of hydrogen-bond donors (Lipinski definition) is 0. The fraction of sp³-hybridized carbons (Fsp3) is 0.409. The number of benzene rings is 2. The van der Waals surface area contributed by atoms with Gasteiger partial charge in [-0.25, -0.2) is 0 Å². The summed E-state index contributed by atoms with van der Waals surface area (Å²) in [6.45, 7) is 5.69. The highest BCUT2D eigenvalue weighted by Crippen LogP contribution is 2.29. The second-order valence-corrected chi connectivity index (χ2v) is 6.65. The summed E-state index contributed by atoms with van der Waals surface area (Å²) in [5.41, 5.74) is 1.73. The Morgan fingerprint density at radius 3 is 2.33 bits per heavy atom. The van der Waals surface area contributed by atoms with Gasteiger partial charge in [-0.05, 0) is 30.7 Å². The molecule has 1 saturated heterocycles. The molecular formula is C22H28N2O3. The van der Waals surface area contributed by atoms with Gasteiger partial charge in [-0.1, -0.05) is 37.6 Å². The summed E-state index contributed by atoms with van der Waals surface area (Å²) in [5, 5.41) is 0. The average molecular weight is 368 g/mol. The lowest BCUT2D eigenvalue weighted by Gasteiger charge is -2.36. The first-order valence-corrected chi connectivity index (χ1v) is 9.63. The summed E-state index contributed by atoms with van der Waals surface area (Å²) < 4.78 is 11.3. The molecule has 0 atom stereocenters. The Morgan fingerprint density at radius 1 is 0.963 bits per heavy atom. The van der Waals surface area contributed by atoms with Gasteiger partial charge in [0.2, 0.25) is 0 Å². The van der Waals surface area contributed by atoms with Gasteiger partial charge in [0, 0.05) is 26.2 Å². The first kappa shape index (κ1) is 19.1. The third-order valence-electron chi connectivity index (χ3n) is 4.87. The van der Waals surface area contributed by atoms with Gasteiger partial charge in [0.15, 0.2) is 0 Å². The van der Waals surface area contributed by atoms with Crippen molar-refractivity contribution >= 4 is 11.6 Å². The van der Waals surface area contributed by atoms with Crippen LogP contribution in [-0.4, -0.2) is 50.7 Å². The molecule has 0 saturated carbocycles. The summed E-state index contributed by atoms with van der Waals surface area (Å²) in [5.74, 6) is 1.59. The number of carbonyl (C=O) groups excluding carboxylic acids is 1. The van der Waals surface area contributed by atoms with Crippen LogP contribution in [-0.2, 0) is 0 Å². The van der Waals surface area contributed by atoms with Crippen molar-refractivity contribution in [2.45, 2.75) is 19.8 Å². The van der Waals surface area contributed by atoms with Crippen molar-refractivity contribution < 1.29 is 14.3 Å². The van der Waals surface area contributed by atoms with E-state index in [2.05, 4.69) is 17.9 Å². The van der Waals surface area contributed by atoms with Gasteiger partial charge in [0.25, 0.3) is 5.91 Å². The molecule has 1 amide bonds. The normalized spacial score (nSPS) is 14.1. The van der Waals surface area contributed by atoms with E-state index in [1.54, 1.807) is 7.11 Å². The Morgan fingerprint density at radius 2 is 1.63 bits per heavy atom. The molecule has 5 nitrogen and oxygen atoms in total. The monoisotopic (exact) mass is 368 g/mol. The van der Waals surface area contributed by atoms with Gasteiger partial charge in [0.05, 0.1) is 25.0 Å². The SMILES string of the molecule is CCCCOc1ccccc1C(=O)N1CCN(c2ccccc2OC)CC1. The molecule has 3 rings (SSSR count). The van der Waals surface area contributed by atoms with Crippen LogP contribution in [0.4, 0.5) is 5.69 Å². The van der Waals surface area contributed by atoms with E-state index in [4.69, 9.17) is 9.47 Å². The number of ether oxygens (including phenoxy) is 2. The maximum Gasteiger partial charge on any atom is 0.257 e. The zero-order valence-corrected chi connectivity index (χ0v) is 16.2. The van der Waals surface area contributed by atoms with Crippen molar-refractivity contribution in [3.63, 3.8) is 0 Å². The van der Waals surface area contributed by atoms with Crippen LogP contribution in [0.25, 0.3) is 0 Å². The van der Waals surface area contributed by atoms with Gasteiger partial charge in [-0.3, -0.25) is 4.79 Å². The minimum absolute atomic E-state index is 0.0433. The number of amides is 1. The summed E-state index contributed by atoms with van der Waals surface area (Å²) in [6, 6.07) is 15.6. The number of carbonyl (C=O) groups is 1. The summed E-state index contributed by atoms with van der Waals surface area (Å²) in [7, 11) is 1.69. The minimum atomic E-state index is 0.0433. The number of para-hydroxylation sites is 3. The lowest BCUT2D eigenvalue weighted by atomic mass is 10.1. The maximum atomic E-state index is 13.0. The minimum Gasteiger partial charge on any atom is -0.495 e. The van der Waals surface area contributed by atoms with E-state index in [9.17, 15) is 4.79 Å². The molecule has 0 unspecified atom stereocenters. The van der Waals surface area contributed by atoms with Crippen molar-refractivity contribution in [3.05, 3.63) is 54.1 Å². The van der Waals surface area contributed by atoms with E-state index in [0.717, 1.165) is 37.4 Å². The molecule has 0 radical (unpaired) electrons. The number of rotatable bonds is 7. The molecule has 2 aromatic rings. The molecular weight excluding hydrogens is 340 g/mol. The van der Waals surface area contributed by atoms with Crippen LogP contribution in [0.5, 0.6) is 11.5 Å². The van der Waals surface area contributed by atoms with Crippen molar-refractivity contribution in [1.29, 1.82) is 0 Å². The molecule has 0 spiro atoms. The Kier molecular flexibility index (Phi) is 6.58. The van der Waals surface area contributed by atoms with Crippen molar-refractivity contribution in [3.8, 4) is 11.5 Å². The van der Waals surface area contributed by atoms with Crippen LogP contribution in [0, 0.1) is 0 Å². The standard InChI is InChI=1S/C22H28N2O3/c1-3-4-17-27-20-11-7-5-9-18(20)22(25)24-15-13-23(14-16-24)19-10-6-8-12-21(19)26-2/h5-12H,3-4,13-17H2,1-2H3. The number of hydrogen-bond acceptors (Lipinski definition) is 4. The van der Waals surface area contributed by atoms with Crippen LogP contribution in [0.1, 0.15) is 30.1 Å². The van der Waals surface area contributed by atoms with E-state index in [1.165, 1.54) is 0 Å². The van der Waals surface area contributed by atoms with E-state index in [1.807, 2.05) is 47.4 Å². The number of nitrogens with zero attached hydrogens (tertiary/aromatic N) is 2. The van der Waals surface area contributed by atoms with Crippen molar-refractivity contribution in [2.75, 3.05) is 44.8 Å². The molecule has 27 heavy (non-hydrogen) atoms. The molecule has 0 bridgehead atoms. The van der Waals surface area contributed by atoms with Crippen molar-refractivity contribution in [1.82, 2.24) is 4.90 Å². The molecule has 1 aliphatic heterocycles.